The highest BCUT2D eigenvalue weighted by Gasteiger charge is 2.25. The van der Waals surface area contributed by atoms with Crippen LogP contribution in [-0.2, 0) is 21.4 Å². The van der Waals surface area contributed by atoms with Crippen molar-refractivity contribution in [1.29, 1.82) is 0 Å². The molecule has 0 saturated carbocycles. The first-order chi connectivity index (χ1) is 26.3. The van der Waals surface area contributed by atoms with Crippen LogP contribution in [0.15, 0.2) is 70.5 Å². The zero-order chi connectivity index (χ0) is 40.0. The summed E-state index contributed by atoms with van der Waals surface area (Å²) < 4.78 is 27.4. The lowest BCUT2D eigenvalue weighted by Gasteiger charge is -2.24. The molecule has 0 bridgehead atoms. The SMILES string of the molecule is CCCCCCCCCCC(CC)Cn1c(C(=Nc2ccc(N(CC)CCNS(C)(=O)=O)cc2C)C(=O)Nc2ccccc2Cl)nc2ccc(Cl)cc2c1=O. The van der Waals surface area contributed by atoms with Crippen LogP contribution in [-0.4, -0.2) is 55.5 Å². The highest BCUT2D eigenvalue weighted by atomic mass is 35.5. The summed E-state index contributed by atoms with van der Waals surface area (Å²) in [5.74, 6) is -0.242. The second-order valence-corrected chi connectivity index (χ2v) is 16.8. The summed E-state index contributed by atoms with van der Waals surface area (Å²) in [5, 5.41) is 4.07. The van der Waals surface area contributed by atoms with Crippen LogP contribution >= 0.6 is 23.2 Å². The summed E-state index contributed by atoms with van der Waals surface area (Å²) in [7, 11) is -3.32. The largest absolute Gasteiger partial charge is 0.370 e. The molecule has 4 rings (SSSR count). The molecule has 0 fully saturated rings. The quantitative estimate of drug-likeness (QED) is 0.0602. The van der Waals surface area contributed by atoms with Gasteiger partial charge in [-0.15, -0.1) is 0 Å². The van der Waals surface area contributed by atoms with E-state index in [0.29, 0.717) is 52.0 Å². The molecule has 0 aliphatic rings. The maximum Gasteiger partial charge on any atom is 0.278 e. The van der Waals surface area contributed by atoms with Crippen LogP contribution in [0.2, 0.25) is 10.0 Å². The van der Waals surface area contributed by atoms with E-state index < -0.39 is 15.9 Å². The van der Waals surface area contributed by atoms with Gasteiger partial charge < -0.3 is 10.2 Å². The van der Waals surface area contributed by atoms with E-state index in [2.05, 4.69) is 28.8 Å². The smallest absolute Gasteiger partial charge is 0.278 e. The van der Waals surface area contributed by atoms with Crippen LogP contribution in [0.4, 0.5) is 17.1 Å². The number of sulfonamides is 1. The number of likely N-dealkylation sites (N-methyl/N-ethyl adjacent to an activating group) is 1. The predicted molar refractivity (Wildman–Crippen MR) is 230 cm³/mol. The number of fused-ring (bicyclic) bond motifs is 1. The van der Waals surface area contributed by atoms with Crippen LogP contribution in [0.1, 0.15) is 96.4 Å². The van der Waals surface area contributed by atoms with Gasteiger partial charge in [-0.25, -0.2) is 23.1 Å². The van der Waals surface area contributed by atoms with Gasteiger partial charge >= 0.3 is 0 Å². The lowest BCUT2D eigenvalue weighted by atomic mass is 9.97. The Morgan fingerprint density at radius 2 is 1.65 bits per heavy atom. The fraction of sp³-hybridized carbons (Fsp3) is 0.476. The van der Waals surface area contributed by atoms with E-state index >= 15 is 0 Å². The molecule has 0 saturated heterocycles. The molecular formula is C42H56Cl2N6O4S. The van der Waals surface area contributed by atoms with Crippen LogP contribution < -0.4 is 20.5 Å². The lowest BCUT2D eigenvalue weighted by Crippen LogP contribution is -2.35. The first kappa shape index (κ1) is 44.0. The second kappa shape index (κ2) is 21.5. The van der Waals surface area contributed by atoms with Crippen LogP contribution in [0.3, 0.4) is 0 Å². The number of nitrogens with zero attached hydrogens (tertiary/aromatic N) is 4. The lowest BCUT2D eigenvalue weighted by molar-refractivity contribution is -0.110. The molecule has 298 valence electrons. The van der Waals surface area contributed by atoms with Crippen molar-refractivity contribution in [2.45, 2.75) is 98.4 Å². The van der Waals surface area contributed by atoms with E-state index in [-0.39, 0.29) is 29.6 Å². The topological polar surface area (TPSA) is 126 Å². The highest BCUT2D eigenvalue weighted by molar-refractivity contribution is 7.88. The van der Waals surface area contributed by atoms with Gasteiger partial charge in [-0.1, -0.05) is 107 Å². The summed E-state index contributed by atoms with van der Waals surface area (Å²) in [5.41, 5.74) is 2.65. The Morgan fingerprint density at radius 1 is 0.945 bits per heavy atom. The zero-order valence-corrected chi connectivity index (χ0v) is 35.2. The number of aliphatic imine (C=N–C) groups is 1. The monoisotopic (exact) mass is 810 g/mol. The molecule has 0 spiro atoms. The molecule has 0 radical (unpaired) electrons. The molecule has 1 atom stereocenters. The molecular weight excluding hydrogens is 755 g/mol. The van der Waals surface area contributed by atoms with E-state index in [1.807, 2.05) is 32.0 Å². The van der Waals surface area contributed by atoms with Crippen molar-refractivity contribution in [3.8, 4) is 0 Å². The Bertz CT molecular complexity index is 2100. The van der Waals surface area contributed by atoms with E-state index in [0.717, 1.165) is 43.2 Å². The van der Waals surface area contributed by atoms with E-state index in [1.54, 1.807) is 47.0 Å². The van der Waals surface area contributed by atoms with Crippen molar-refractivity contribution in [2.75, 3.05) is 36.1 Å². The summed E-state index contributed by atoms with van der Waals surface area (Å²) in [6, 6.07) is 17.6. The molecule has 4 aromatic rings. The van der Waals surface area contributed by atoms with Crippen molar-refractivity contribution in [2.24, 2.45) is 10.9 Å². The van der Waals surface area contributed by atoms with Crippen molar-refractivity contribution in [3.63, 3.8) is 0 Å². The third-order valence-electron chi connectivity index (χ3n) is 9.85. The van der Waals surface area contributed by atoms with Crippen LogP contribution in [0.5, 0.6) is 0 Å². The molecule has 0 aliphatic carbocycles. The Kier molecular flexibility index (Phi) is 17.2. The highest BCUT2D eigenvalue weighted by Crippen LogP contribution is 2.28. The Balaban J connectivity index is 1.78. The molecule has 2 N–H and O–H groups in total. The first-order valence-electron chi connectivity index (χ1n) is 19.5. The van der Waals surface area contributed by atoms with E-state index in [9.17, 15) is 18.0 Å². The number of amides is 1. The average molecular weight is 812 g/mol. The van der Waals surface area contributed by atoms with Crippen molar-refractivity contribution in [3.05, 3.63) is 92.5 Å². The van der Waals surface area contributed by atoms with E-state index in [4.69, 9.17) is 33.2 Å². The van der Waals surface area contributed by atoms with Gasteiger partial charge in [-0.2, -0.15) is 0 Å². The maximum atomic E-state index is 14.4. The number of hydrogen-bond acceptors (Lipinski definition) is 7. The number of carbonyl (C=O) groups excluding carboxylic acids is 1. The number of halogens is 2. The number of rotatable bonds is 22. The minimum absolute atomic E-state index is 0.0312. The fourth-order valence-electron chi connectivity index (χ4n) is 6.66. The maximum absolute atomic E-state index is 14.4. The second-order valence-electron chi connectivity index (χ2n) is 14.2. The van der Waals surface area contributed by atoms with Gasteiger partial charge in [0.1, 0.15) is 0 Å². The first-order valence-corrected chi connectivity index (χ1v) is 22.1. The third kappa shape index (κ3) is 13.2. The van der Waals surface area contributed by atoms with Gasteiger partial charge in [0.15, 0.2) is 11.5 Å². The number of para-hydroxylation sites is 1. The molecule has 0 aliphatic heterocycles. The van der Waals surface area contributed by atoms with Crippen molar-refractivity contribution < 1.29 is 13.2 Å². The predicted octanol–water partition coefficient (Wildman–Crippen LogP) is 9.70. The van der Waals surface area contributed by atoms with Gasteiger partial charge in [0.05, 0.1) is 33.6 Å². The molecule has 10 nitrogen and oxygen atoms in total. The van der Waals surface area contributed by atoms with Gasteiger partial charge in [-0.3, -0.25) is 14.2 Å². The summed E-state index contributed by atoms with van der Waals surface area (Å²) in [4.78, 5) is 40.8. The molecule has 1 amide bonds. The zero-order valence-electron chi connectivity index (χ0n) is 32.8. The summed E-state index contributed by atoms with van der Waals surface area (Å²) in [6.07, 6.45) is 12.7. The number of aromatic nitrogens is 2. The summed E-state index contributed by atoms with van der Waals surface area (Å²) >= 11 is 12.9. The van der Waals surface area contributed by atoms with E-state index in [1.165, 1.54) is 38.5 Å². The number of unbranched alkanes of at least 4 members (excludes halogenated alkanes) is 7. The molecule has 13 heteroatoms. The number of benzene rings is 3. The van der Waals surface area contributed by atoms with Gasteiger partial charge in [-0.05, 0) is 80.3 Å². The standard InChI is InChI=1S/C42H56Cl2N6O4S/c1-6-9-10-11-12-13-14-15-18-31(7-2)29-50-40(47-37-23-21-32(43)28-34(37)42(50)52)39(41(51)48-38-20-17-16-19-35(38)44)46-36-24-22-33(27-30(36)4)49(8-3)26-25-45-55(5,53)54/h16-17,19-24,27-28,31,45H,6-15,18,25-26,29H2,1-5H3,(H,48,51). The Labute approximate surface area is 336 Å². The van der Waals surface area contributed by atoms with Gasteiger partial charge in [0.25, 0.3) is 11.5 Å². The molecule has 1 unspecified atom stereocenters. The molecule has 1 aromatic heterocycles. The Hall–Kier alpha value is -3.77. The minimum atomic E-state index is -3.32. The van der Waals surface area contributed by atoms with Gasteiger partial charge in [0.2, 0.25) is 10.0 Å². The molecule has 55 heavy (non-hydrogen) atoms. The minimum Gasteiger partial charge on any atom is -0.370 e. The normalized spacial score (nSPS) is 12.6. The average Bonchev–Trinajstić information content (AvgIpc) is 3.15. The van der Waals surface area contributed by atoms with Crippen molar-refractivity contribution in [1.82, 2.24) is 14.3 Å². The summed E-state index contributed by atoms with van der Waals surface area (Å²) in [6.45, 7) is 9.98. The molecule has 3 aromatic carbocycles. The number of aryl methyl sites for hydroxylation is 1. The Morgan fingerprint density at radius 3 is 2.31 bits per heavy atom. The van der Waals surface area contributed by atoms with Crippen molar-refractivity contribution >= 4 is 72.8 Å². The van der Waals surface area contributed by atoms with Gasteiger partial charge in [0, 0.05) is 36.9 Å². The number of nitrogens with one attached hydrogen (secondary N) is 2. The fourth-order valence-corrected chi connectivity index (χ4v) is 7.47. The number of anilines is 2. The molecule has 1 heterocycles. The third-order valence-corrected chi connectivity index (χ3v) is 11.1. The number of hydrogen-bond donors (Lipinski definition) is 2. The van der Waals surface area contributed by atoms with Crippen LogP contribution in [0, 0.1) is 12.8 Å². The number of carbonyl (C=O) groups is 1. The van der Waals surface area contributed by atoms with Crippen LogP contribution in [0.25, 0.3) is 10.9 Å².